The molecule has 0 aliphatic heterocycles. The normalized spacial score (nSPS) is 12.9. The minimum atomic E-state index is -0.595. The van der Waals surface area contributed by atoms with Crippen LogP contribution >= 0.6 is 0 Å². The first-order valence-electron chi connectivity index (χ1n) is 9.19. The Morgan fingerprint density at radius 3 is 2.07 bits per heavy atom. The second-order valence-electron chi connectivity index (χ2n) is 6.79. The second kappa shape index (κ2) is 8.54. The van der Waals surface area contributed by atoms with Crippen LogP contribution in [0, 0.1) is 13.8 Å². The van der Waals surface area contributed by atoms with Gasteiger partial charge in [-0.2, -0.15) is 0 Å². The van der Waals surface area contributed by atoms with Crippen molar-refractivity contribution in [3.63, 3.8) is 0 Å². The van der Waals surface area contributed by atoms with Crippen molar-refractivity contribution in [2.75, 3.05) is 0 Å². The summed E-state index contributed by atoms with van der Waals surface area (Å²) in [5.41, 5.74) is 4.28. The summed E-state index contributed by atoms with van der Waals surface area (Å²) in [6, 6.07) is 25.7. The average Bonchev–Trinajstić information content (AvgIpc) is 2.69. The molecule has 138 valence electrons. The van der Waals surface area contributed by atoms with Crippen molar-refractivity contribution in [2.24, 2.45) is 0 Å². The Kier molecular flexibility index (Phi) is 5.92. The van der Waals surface area contributed by atoms with Gasteiger partial charge in [0.2, 0.25) is 0 Å². The standard InChI is InChI=1S/C24H25NO2/c1-17-13-15-21(16-14-17)23(20-10-5-4-6-11-20)25-24(26)19(3)27-22-12-8-7-9-18(22)2/h4-16,19,23H,1-3H3,(H,25,26)/t19-,23+/m1/s1. The number of ether oxygens (including phenoxy) is 1. The number of benzene rings is 3. The summed E-state index contributed by atoms with van der Waals surface area (Å²) in [5.74, 6) is 0.583. The molecule has 1 amide bonds. The van der Waals surface area contributed by atoms with Gasteiger partial charge in [-0.05, 0) is 43.5 Å². The van der Waals surface area contributed by atoms with E-state index in [1.165, 1.54) is 5.56 Å². The topological polar surface area (TPSA) is 38.3 Å². The first kappa shape index (κ1) is 18.7. The van der Waals surface area contributed by atoms with Gasteiger partial charge in [-0.1, -0.05) is 78.4 Å². The summed E-state index contributed by atoms with van der Waals surface area (Å²) in [7, 11) is 0. The Bertz CT molecular complexity index is 888. The van der Waals surface area contributed by atoms with E-state index in [0.717, 1.165) is 22.4 Å². The zero-order valence-corrected chi connectivity index (χ0v) is 16.0. The summed E-state index contributed by atoms with van der Waals surface area (Å²) in [4.78, 5) is 12.8. The SMILES string of the molecule is Cc1ccc([C@@H](NC(=O)[C@@H](C)Oc2ccccc2C)c2ccccc2)cc1. The monoisotopic (exact) mass is 359 g/mol. The average molecular weight is 359 g/mol. The van der Waals surface area contributed by atoms with Crippen molar-refractivity contribution in [1.82, 2.24) is 5.32 Å². The van der Waals surface area contributed by atoms with Crippen LogP contribution in [0.1, 0.15) is 35.2 Å². The molecule has 0 unspecified atom stereocenters. The number of hydrogen-bond acceptors (Lipinski definition) is 2. The first-order valence-corrected chi connectivity index (χ1v) is 9.19. The summed E-state index contributed by atoms with van der Waals surface area (Å²) < 4.78 is 5.89. The van der Waals surface area contributed by atoms with Crippen LogP contribution in [-0.2, 0) is 4.79 Å². The molecule has 3 heteroatoms. The summed E-state index contributed by atoms with van der Waals surface area (Å²) >= 11 is 0. The number of rotatable bonds is 6. The van der Waals surface area contributed by atoms with Gasteiger partial charge in [0.25, 0.3) is 5.91 Å². The Balaban J connectivity index is 1.80. The highest BCUT2D eigenvalue weighted by Crippen LogP contribution is 2.23. The van der Waals surface area contributed by atoms with Crippen molar-refractivity contribution in [2.45, 2.75) is 32.9 Å². The molecular formula is C24H25NO2. The minimum absolute atomic E-state index is 0.146. The third-order valence-corrected chi connectivity index (χ3v) is 4.60. The molecule has 0 aliphatic carbocycles. The fraction of sp³-hybridized carbons (Fsp3) is 0.208. The third kappa shape index (κ3) is 4.76. The molecule has 0 saturated heterocycles. The number of carbonyl (C=O) groups is 1. The van der Waals surface area contributed by atoms with Gasteiger partial charge in [-0.3, -0.25) is 4.79 Å². The molecule has 0 spiro atoms. The zero-order chi connectivity index (χ0) is 19.2. The van der Waals surface area contributed by atoms with Crippen LogP contribution in [0.3, 0.4) is 0 Å². The molecule has 3 rings (SSSR count). The molecule has 3 aromatic carbocycles. The number of aryl methyl sites for hydroxylation is 2. The smallest absolute Gasteiger partial charge is 0.261 e. The molecule has 0 bridgehead atoms. The number of nitrogens with one attached hydrogen (secondary N) is 1. The van der Waals surface area contributed by atoms with Crippen molar-refractivity contribution in [1.29, 1.82) is 0 Å². The molecule has 0 fully saturated rings. The van der Waals surface area contributed by atoms with E-state index in [-0.39, 0.29) is 11.9 Å². The van der Waals surface area contributed by atoms with Gasteiger partial charge in [0.1, 0.15) is 5.75 Å². The number of amides is 1. The summed E-state index contributed by atoms with van der Waals surface area (Å²) in [5, 5.41) is 3.14. The predicted octanol–water partition coefficient (Wildman–Crippen LogP) is 4.98. The van der Waals surface area contributed by atoms with Gasteiger partial charge in [0.15, 0.2) is 6.10 Å². The number of hydrogen-bond donors (Lipinski definition) is 1. The molecule has 1 N–H and O–H groups in total. The largest absolute Gasteiger partial charge is 0.481 e. The second-order valence-corrected chi connectivity index (χ2v) is 6.79. The lowest BCUT2D eigenvalue weighted by molar-refractivity contribution is -0.127. The van der Waals surface area contributed by atoms with E-state index in [4.69, 9.17) is 4.74 Å². The van der Waals surface area contributed by atoms with Gasteiger partial charge in [0.05, 0.1) is 6.04 Å². The number of carbonyl (C=O) groups excluding carboxylic acids is 1. The molecule has 3 nitrogen and oxygen atoms in total. The Morgan fingerprint density at radius 2 is 1.41 bits per heavy atom. The van der Waals surface area contributed by atoms with Crippen LogP contribution in [0.25, 0.3) is 0 Å². The van der Waals surface area contributed by atoms with Gasteiger partial charge in [-0.25, -0.2) is 0 Å². The maximum Gasteiger partial charge on any atom is 0.261 e. The van der Waals surface area contributed by atoms with Crippen LogP contribution in [0.4, 0.5) is 0 Å². The van der Waals surface area contributed by atoms with Crippen LogP contribution in [0.5, 0.6) is 5.75 Å². The Morgan fingerprint density at radius 1 is 0.815 bits per heavy atom. The fourth-order valence-corrected chi connectivity index (χ4v) is 2.96. The van der Waals surface area contributed by atoms with Gasteiger partial charge in [-0.15, -0.1) is 0 Å². The lowest BCUT2D eigenvalue weighted by Gasteiger charge is -2.23. The van der Waals surface area contributed by atoms with E-state index in [9.17, 15) is 4.79 Å². The highest BCUT2D eigenvalue weighted by atomic mass is 16.5. The van der Waals surface area contributed by atoms with Crippen molar-refractivity contribution >= 4 is 5.91 Å². The van der Waals surface area contributed by atoms with E-state index in [0.29, 0.717) is 0 Å². The van der Waals surface area contributed by atoms with Crippen LogP contribution in [0.15, 0.2) is 78.9 Å². The molecule has 0 heterocycles. The lowest BCUT2D eigenvalue weighted by atomic mass is 9.97. The molecule has 0 saturated carbocycles. The van der Waals surface area contributed by atoms with Gasteiger partial charge >= 0.3 is 0 Å². The lowest BCUT2D eigenvalue weighted by Crippen LogP contribution is -2.39. The first-order chi connectivity index (χ1) is 13.0. The third-order valence-electron chi connectivity index (χ3n) is 4.60. The van der Waals surface area contributed by atoms with Gasteiger partial charge in [0, 0.05) is 0 Å². The molecule has 3 aromatic rings. The maximum absolute atomic E-state index is 12.8. The predicted molar refractivity (Wildman–Crippen MR) is 109 cm³/mol. The molecule has 0 radical (unpaired) electrons. The van der Waals surface area contributed by atoms with Gasteiger partial charge < -0.3 is 10.1 Å². The van der Waals surface area contributed by atoms with Crippen molar-refractivity contribution in [3.8, 4) is 5.75 Å². The van der Waals surface area contributed by atoms with Crippen molar-refractivity contribution in [3.05, 3.63) is 101 Å². The van der Waals surface area contributed by atoms with Crippen LogP contribution < -0.4 is 10.1 Å². The zero-order valence-electron chi connectivity index (χ0n) is 16.0. The Labute approximate surface area is 161 Å². The summed E-state index contributed by atoms with van der Waals surface area (Å²) in [6.45, 7) is 5.80. The highest BCUT2D eigenvalue weighted by Gasteiger charge is 2.22. The number of para-hydroxylation sites is 1. The molecule has 0 aliphatic rings. The molecule has 0 aromatic heterocycles. The maximum atomic E-state index is 12.8. The van der Waals surface area contributed by atoms with E-state index in [1.807, 2.05) is 61.5 Å². The molecule has 27 heavy (non-hydrogen) atoms. The fourth-order valence-electron chi connectivity index (χ4n) is 2.96. The van der Waals surface area contributed by atoms with E-state index in [1.54, 1.807) is 6.92 Å². The van der Waals surface area contributed by atoms with E-state index >= 15 is 0 Å². The van der Waals surface area contributed by atoms with Crippen LogP contribution in [-0.4, -0.2) is 12.0 Å². The molecule has 2 atom stereocenters. The van der Waals surface area contributed by atoms with E-state index in [2.05, 4.69) is 36.5 Å². The van der Waals surface area contributed by atoms with Crippen LogP contribution in [0.2, 0.25) is 0 Å². The Hall–Kier alpha value is -3.07. The van der Waals surface area contributed by atoms with Crippen molar-refractivity contribution < 1.29 is 9.53 Å². The minimum Gasteiger partial charge on any atom is -0.481 e. The molecular weight excluding hydrogens is 334 g/mol. The quantitative estimate of drug-likeness (QED) is 0.674. The highest BCUT2D eigenvalue weighted by molar-refractivity contribution is 5.81. The van der Waals surface area contributed by atoms with E-state index < -0.39 is 6.10 Å². The summed E-state index contributed by atoms with van der Waals surface area (Å²) in [6.07, 6.45) is -0.595.